The number of hydrogen-bond donors (Lipinski definition) is 0. The summed E-state index contributed by atoms with van der Waals surface area (Å²) in [4.78, 5) is 8.40. The molecular formula is C10H11ClN4. The quantitative estimate of drug-likeness (QED) is 0.731. The van der Waals surface area contributed by atoms with E-state index in [2.05, 4.69) is 15.1 Å². The Balaban J connectivity index is 2.41. The van der Waals surface area contributed by atoms with Crippen molar-refractivity contribution >= 4 is 11.6 Å². The van der Waals surface area contributed by atoms with Gasteiger partial charge in [-0.05, 0) is 19.9 Å². The zero-order valence-electron chi connectivity index (χ0n) is 8.61. The number of aromatic nitrogens is 4. The van der Waals surface area contributed by atoms with Gasteiger partial charge in [0.2, 0.25) is 0 Å². The Bertz CT molecular complexity index is 461. The average molecular weight is 223 g/mol. The summed E-state index contributed by atoms with van der Waals surface area (Å²) in [7, 11) is 0. The Morgan fingerprint density at radius 1 is 1.27 bits per heavy atom. The Labute approximate surface area is 92.9 Å². The van der Waals surface area contributed by atoms with Crippen LogP contribution in [0.4, 0.5) is 0 Å². The van der Waals surface area contributed by atoms with Gasteiger partial charge in [0.25, 0.3) is 5.95 Å². The zero-order valence-corrected chi connectivity index (χ0v) is 9.36. The summed E-state index contributed by atoms with van der Waals surface area (Å²) in [5.41, 5.74) is 2.88. The summed E-state index contributed by atoms with van der Waals surface area (Å²) in [5.74, 6) is 1.01. The molecule has 2 aromatic rings. The molecule has 0 aliphatic heterocycles. The third-order valence-electron chi connectivity index (χ3n) is 2.05. The van der Waals surface area contributed by atoms with E-state index >= 15 is 0 Å². The van der Waals surface area contributed by atoms with E-state index in [0.29, 0.717) is 11.8 Å². The summed E-state index contributed by atoms with van der Waals surface area (Å²) in [5, 5.41) is 4.29. The molecule has 0 spiro atoms. The minimum atomic E-state index is 0.428. The van der Waals surface area contributed by atoms with Gasteiger partial charge in [0.05, 0.1) is 11.6 Å². The topological polar surface area (TPSA) is 43.6 Å². The van der Waals surface area contributed by atoms with Crippen molar-refractivity contribution in [2.45, 2.75) is 19.7 Å². The van der Waals surface area contributed by atoms with Crippen LogP contribution in [0.5, 0.6) is 0 Å². The Morgan fingerprint density at radius 3 is 2.40 bits per heavy atom. The van der Waals surface area contributed by atoms with E-state index < -0.39 is 0 Å². The molecule has 0 unspecified atom stereocenters. The summed E-state index contributed by atoms with van der Waals surface area (Å²) in [6.45, 7) is 3.91. The van der Waals surface area contributed by atoms with Gasteiger partial charge in [0.15, 0.2) is 0 Å². The maximum atomic E-state index is 5.66. The number of nitrogens with zero attached hydrogens (tertiary/aromatic N) is 4. The number of hydrogen-bond acceptors (Lipinski definition) is 3. The number of aryl methyl sites for hydroxylation is 2. The van der Waals surface area contributed by atoms with E-state index in [1.165, 1.54) is 0 Å². The fourth-order valence-corrected chi connectivity index (χ4v) is 1.50. The molecule has 0 saturated carbocycles. The predicted octanol–water partition coefficient (Wildman–Crippen LogP) is 2.02. The van der Waals surface area contributed by atoms with Gasteiger partial charge in [-0.25, -0.2) is 14.6 Å². The van der Waals surface area contributed by atoms with Crippen LogP contribution < -0.4 is 0 Å². The van der Waals surface area contributed by atoms with E-state index in [4.69, 9.17) is 11.6 Å². The van der Waals surface area contributed by atoms with Crippen LogP contribution in [-0.2, 0) is 5.88 Å². The molecule has 0 bridgehead atoms. The highest BCUT2D eigenvalue weighted by Gasteiger charge is 2.05. The van der Waals surface area contributed by atoms with Crippen molar-refractivity contribution in [3.63, 3.8) is 0 Å². The van der Waals surface area contributed by atoms with Gasteiger partial charge >= 0.3 is 0 Å². The number of rotatable bonds is 2. The standard InChI is InChI=1S/C10H11ClN4/c1-7-3-8(2)15(14-7)10-12-5-9(4-11)6-13-10/h3,5-6H,4H2,1-2H3. The maximum absolute atomic E-state index is 5.66. The molecule has 2 aromatic heterocycles. The molecule has 0 saturated heterocycles. The van der Waals surface area contributed by atoms with Crippen LogP contribution in [0.2, 0.25) is 0 Å². The fraction of sp³-hybridized carbons (Fsp3) is 0.300. The first kappa shape index (κ1) is 10.1. The molecule has 4 nitrogen and oxygen atoms in total. The number of halogens is 1. The summed E-state index contributed by atoms with van der Waals surface area (Å²) in [6.07, 6.45) is 3.43. The average Bonchev–Trinajstić information content (AvgIpc) is 2.58. The van der Waals surface area contributed by atoms with Crippen molar-refractivity contribution in [3.05, 3.63) is 35.4 Å². The second-order valence-electron chi connectivity index (χ2n) is 3.36. The largest absolute Gasteiger partial charge is 0.250 e. The molecule has 0 radical (unpaired) electrons. The molecule has 78 valence electrons. The lowest BCUT2D eigenvalue weighted by atomic mass is 10.4. The molecule has 0 N–H and O–H groups in total. The molecule has 0 atom stereocenters. The Kier molecular flexibility index (Phi) is 2.68. The van der Waals surface area contributed by atoms with Crippen LogP contribution in [0.3, 0.4) is 0 Å². The summed E-state index contributed by atoms with van der Waals surface area (Å²) < 4.78 is 1.72. The number of alkyl halides is 1. The van der Waals surface area contributed by atoms with Gasteiger partial charge in [0.1, 0.15) is 0 Å². The molecule has 0 aliphatic rings. The molecule has 15 heavy (non-hydrogen) atoms. The SMILES string of the molecule is Cc1cc(C)n(-c2ncc(CCl)cn2)n1. The smallest absolute Gasteiger partial charge is 0.219 e. The molecule has 2 rings (SSSR count). The maximum Gasteiger partial charge on any atom is 0.250 e. The molecular weight excluding hydrogens is 212 g/mol. The van der Waals surface area contributed by atoms with Crippen LogP contribution >= 0.6 is 11.6 Å². The molecule has 0 fully saturated rings. The second kappa shape index (κ2) is 3.98. The van der Waals surface area contributed by atoms with Gasteiger partial charge in [0, 0.05) is 23.7 Å². The third-order valence-corrected chi connectivity index (χ3v) is 2.35. The van der Waals surface area contributed by atoms with E-state index in [9.17, 15) is 0 Å². The molecule has 2 heterocycles. The van der Waals surface area contributed by atoms with E-state index in [0.717, 1.165) is 17.0 Å². The first-order valence-corrected chi connectivity index (χ1v) is 5.14. The van der Waals surface area contributed by atoms with Crippen molar-refractivity contribution in [2.75, 3.05) is 0 Å². The van der Waals surface area contributed by atoms with E-state index in [1.807, 2.05) is 19.9 Å². The van der Waals surface area contributed by atoms with Crippen molar-refractivity contribution in [2.24, 2.45) is 0 Å². The molecule has 5 heteroatoms. The Morgan fingerprint density at radius 2 is 1.93 bits per heavy atom. The van der Waals surface area contributed by atoms with Crippen molar-refractivity contribution in [1.82, 2.24) is 19.7 Å². The first-order chi connectivity index (χ1) is 7.20. The van der Waals surface area contributed by atoms with Gasteiger partial charge in [-0.15, -0.1) is 11.6 Å². The first-order valence-electron chi connectivity index (χ1n) is 4.61. The zero-order chi connectivity index (χ0) is 10.8. The van der Waals surface area contributed by atoms with Gasteiger partial charge in [-0.1, -0.05) is 0 Å². The lowest BCUT2D eigenvalue weighted by Gasteiger charge is -2.01. The van der Waals surface area contributed by atoms with Crippen LogP contribution in [0.15, 0.2) is 18.5 Å². The van der Waals surface area contributed by atoms with Crippen LogP contribution in [0.25, 0.3) is 5.95 Å². The molecule has 0 amide bonds. The normalized spacial score (nSPS) is 10.6. The third kappa shape index (κ3) is 1.99. The molecule has 0 aliphatic carbocycles. The van der Waals surface area contributed by atoms with Crippen molar-refractivity contribution < 1.29 is 0 Å². The van der Waals surface area contributed by atoms with Crippen molar-refractivity contribution in [3.8, 4) is 5.95 Å². The van der Waals surface area contributed by atoms with Crippen molar-refractivity contribution in [1.29, 1.82) is 0 Å². The van der Waals surface area contributed by atoms with Gasteiger partial charge in [-0.3, -0.25) is 0 Å². The van der Waals surface area contributed by atoms with Crippen LogP contribution in [-0.4, -0.2) is 19.7 Å². The van der Waals surface area contributed by atoms with Gasteiger partial charge in [-0.2, -0.15) is 5.10 Å². The summed E-state index contributed by atoms with van der Waals surface area (Å²) in [6, 6.07) is 1.98. The van der Waals surface area contributed by atoms with Gasteiger partial charge < -0.3 is 0 Å². The van der Waals surface area contributed by atoms with E-state index in [-0.39, 0.29) is 0 Å². The minimum absolute atomic E-state index is 0.428. The highest BCUT2D eigenvalue weighted by molar-refractivity contribution is 6.17. The van der Waals surface area contributed by atoms with Crippen LogP contribution in [0, 0.1) is 13.8 Å². The fourth-order valence-electron chi connectivity index (χ4n) is 1.36. The van der Waals surface area contributed by atoms with E-state index in [1.54, 1.807) is 17.1 Å². The lowest BCUT2D eigenvalue weighted by Crippen LogP contribution is -2.04. The highest BCUT2D eigenvalue weighted by Crippen LogP contribution is 2.08. The van der Waals surface area contributed by atoms with Crippen LogP contribution in [0.1, 0.15) is 17.0 Å². The monoisotopic (exact) mass is 222 g/mol. The lowest BCUT2D eigenvalue weighted by molar-refractivity contribution is 0.771. The highest BCUT2D eigenvalue weighted by atomic mass is 35.5. The molecule has 0 aromatic carbocycles. The second-order valence-corrected chi connectivity index (χ2v) is 3.63. The predicted molar refractivity (Wildman–Crippen MR) is 58.2 cm³/mol. The Hall–Kier alpha value is -1.42. The summed E-state index contributed by atoms with van der Waals surface area (Å²) >= 11 is 5.66. The minimum Gasteiger partial charge on any atom is -0.219 e.